The average Bonchev–Trinajstić information content (AvgIpc) is 2.38. The van der Waals surface area contributed by atoms with Crippen LogP contribution in [0.4, 0.5) is 5.69 Å². The van der Waals surface area contributed by atoms with Crippen LogP contribution in [-0.2, 0) is 4.74 Å². The minimum Gasteiger partial charge on any atom is -0.379 e. The Balaban J connectivity index is 2.21. The Morgan fingerprint density at radius 3 is 2.90 bits per heavy atom. The van der Waals surface area contributed by atoms with Gasteiger partial charge in [0.05, 0.1) is 22.6 Å². The summed E-state index contributed by atoms with van der Waals surface area (Å²) in [5.41, 5.74) is -0.638. The number of nitro benzene ring substituents is 1. The molecule has 1 aliphatic rings. The van der Waals surface area contributed by atoms with Crippen LogP contribution in [0.25, 0.3) is 0 Å². The van der Waals surface area contributed by atoms with Crippen molar-refractivity contribution in [3.05, 3.63) is 38.9 Å². The van der Waals surface area contributed by atoms with Crippen LogP contribution in [0.1, 0.15) is 30.1 Å². The second kappa shape index (κ2) is 5.76. The van der Waals surface area contributed by atoms with Crippen molar-refractivity contribution >= 4 is 23.2 Å². The van der Waals surface area contributed by atoms with Crippen molar-refractivity contribution < 1.29 is 14.5 Å². The fourth-order valence-electron chi connectivity index (χ4n) is 2.21. The first-order valence-corrected chi connectivity index (χ1v) is 6.64. The van der Waals surface area contributed by atoms with E-state index in [1.165, 1.54) is 18.2 Å². The molecule has 1 amide bonds. The number of halogens is 1. The Labute approximate surface area is 121 Å². The molecule has 1 N–H and O–H groups in total. The molecule has 1 unspecified atom stereocenters. The molecule has 0 radical (unpaired) electrons. The number of amides is 1. The molecule has 1 heterocycles. The lowest BCUT2D eigenvalue weighted by Gasteiger charge is -2.34. The summed E-state index contributed by atoms with van der Waals surface area (Å²) in [4.78, 5) is 22.5. The summed E-state index contributed by atoms with van der Waals surface area (Å²) in [5, 5.41) is 13.5. The van der Waals surface area contributed by atoms with Gasteiger partial charge in [-0.25, -0.2) is 0 Å². The maximum Gasteiger partial charge on any atom is 0.288 e. The number of ether oxygens (including phenoxy) is 1. The molecule has 0 spiro atoms. The van der Waals surface area contributed by atoms with Gasteiger partial charge in [0.15, 0.2) is 0 Å². The van der Waals surface area contributed by atoms with Gasteiger partial charge in [0.25, 0.3) is 11.6 Å². The third-order valence-electron chi connectivity index (χ3n) is 3.27. The minimum absolute atomic E-state index is 0.104. The highest BCUT2D eigenvalue weighted by Crippen LogP contribution is 2.28. The lowest BCUT2D eigenvalue weighted by atomic mass is 9.94. The van der Waals surface area contributed by atoms with E-state index in [-0.39, 0.29) is 16.3 Å². The van der Waals surface area contributed by atoms with Gasteiger partial charge in [-0.1, -0.05) is 17.7 Å². The summed E-state index contributed by atoms with van der Waals surface area (Å²) in [6.45, 7) is 2.99. The number of nitrogens with one attached hydrogen (secondary N) is 1. The molecule has 108 valence electrons. The van der Waals surface area contributed by atoms with Crippen LogP contribution >= 0.6 is 11.6 Å². The van der Waals surface area contributed by atoms with Gasteiger partial charge in [0.2, 0.25) is 0 Å². The maximum absolute atomic E-state index is 12.2. The molecule has 7 heteroatoms. The van der Waals surface area contributed by atoms with Crippen LogP contribution < -0.4 is 5.32 Å². The molecule has 0 saturated carbocycles. The molecule has 1 atom stereocenters. The topological polar surface area (TPSA) is 81.5 Å². The smallest absolute Gasteiger partial charge is 0.288 e. The monoisotopic (exact) mass is 298 g/mol. The second-order valence-electron chi connectivity index (χ2n) is 5.07. The third-order valence-corrected chi connectivity index (χ3v) is 3.67. The summed E-state index contributed by atoms with van der Waals surface area (Å²) in [7, 11) is 0. The van der Waals surface area contributed by atoms with Crippen LogP contribution in [0, 0.1) is 10.1 Å². The molecular formula is C13H15ClN2O4. The van der Waals surface area contributed by atoms with E-state index < -0.39 is 16.4 Å². The molecule has 2 rings (SSSR count). The highest BCUT2D eigenvalue weighted by molar-refractivity contribution is 6.35. The maximum atomic E-state index is 12.2. The predicted molar refractivity (Wildman–Crippen MR) is 74.0 cm³/mol. The first-order chi connectivity index (χ1) is 9.43. The van der Waals surface area contributed by atoms with E-state index in [9.17, 15) is 14.9 Å². The first-order valence-electron chi connectivity index (χ1n) is 6.26. The zero-order valence-corrected chi connectivity index (χ0v) is 11.8. The van der Waals surface area contributed by atoms with Crippen LogP contribution in [0.3, 0.4) is 0 Å². The van der Waals surface area contributed by atoms with Crippen LogP contribution in [-0.4, -0.2) is 29.6 Å². The van der Waals surface area contributed by atoms with E-state index in [4.69, 9.17) is 16.3 Å². The molecule has 1 saturated heterocycles. The predicted octanol–water partition coefficient (Wildman–Crippen LogP) is 2.55. The standard InChI is InChI=1S/C13H15ClN2O4/c1-13(6-3-7-20-8-13)15-12(17)9-4-2-5-10(11(9)14)16(18)19/h2,4-5H,3,6-8H2,1H3,(H,15,17). The number of nitro groups is 1. The number of carbonyl (C=O) groups excluding carboxylic acids is 1. The van der Waals surface area contributed by atoms with Crippen molar-refractivity contribution in [1.82, 2.24) is 5.32 Å². The Kier molecular flexibility index (Phi) is 4.25. The van der Waals surface area contributed by atoms with Crippen LogP contribution in [0.5, 0.6) is 0 Å². The van der Waals surface area contributed by atoms with Gasteiger partial charge < -0.3 is 10.1 Å². The lowest BCUT2D eigenvalue weighted by Crippen LogP contribution is -2.51. The van der Waals surface area contributed by atoms with Gasteiger partial charge >= 0.3 is 0 Å². The molecular weight excluding hydrogens is 284 g/mol. The highest BCUT2D eigenvalue weighted by Gasteiger charge is 2.31. The fourth-order valence-corrected chi connectivity index (χ4v) is 2.49. The van der Waals surface area contributed by atoms with E-state index in [1.807, 2.05) is 6.92 Å². The lowest BCUT2D eigenvalue weighted by molar-refractivity contribution is -0.384. The minimum atomic E-state index is -0.607. The summed E-state index contributed by atoms with van der Waals surface area (Å²) in [5.74, 6) is -0.424. The number of hydrogen-bond donors (Lipinski definition) is 1. The van der Waals surface area contributed by atoms with Gasteiger partial charge in [-0.2, -0.15) is 0 Å². The fraction of sp³-hybridized carbons (Fsp3) is 0.462. The Hall–Kier alpha value is -1.66. The zero-order chi connectivity index (χ0) is 14.8. The summed E-state index contributed by atoms with van der Waals surface area (Å²) >= 11 is 5.93. The normalized spacial score (nSPS) is 22.3. The van der Waals surface area contributed by atoms with Crippen molar-refractivity contribution in [3.63, 3.8) is 0 Å². The molecule has 6 nitrogen and oxygen atoms in total. The van der Waals surface area contributed by atoms with E-state index in [0.29, 0.717) is 13.2 Å². The summed E-state index contributed by atoms with van der Waals surface area (Å²) in [6, 6.07) is 4.18. The van der Waals surface area contributed by atoms with Crippen molar-refractivity contribution in [2.75, 3.05) is 13.2 Å². The number of carbonyl (C=O) groups is 1. The van der Waals surface area contributed by atoms with Crippen molar-refractivity contribution in [1.29, 1.82) is 0 Å². The van der Waals surface area contributed by atoms with Crippen molar-refractivity contribution in [2.45, 2.75) is 25.3 Å². The average molecular weight is 299 g/mol. The first kappa shape index (κ1) is 14.7. The molecule has 0 aliphatic carbocycles. The number of rotatable bonds is 3. The molecule has 20 heavy (non-hydrogen) atoms. The Morgan fingerprint density at radius 2 is 2.30 bits per heavy atom. The van der Waals surface area contributed by atoms with Crippen LogP contribution in [0.2, 0.25) is 5.02 Å². The number of benzene rings is 1. The Morgan fingerprint density at radius 1 is 1.55 bits per heavy atom. The van der Waals surface area contributed by atoms with Crippen LogP contribution in [0.15, 0.2) is 18.2 Å². The molecule has 1 fully saturated rings. The van der Waals surface area contributed by atoms with E-state index in [1.54, 1.807) is 0 Å². The number of nitrogens with zero attached hydrogens (tertiary/aromatic N) is 1. The van der Waals surface area contributed by atoms with Gasteiger partial charge in [-0.3, -0.25) is 14.9 Å². The Bertz CT molecular complexity index is 541. The third kappa shape index (κ3) is 3.08. The van der Waals surface area contributed by atoms with Gasteiger partial charge in [-0.15, -0.1) is 0 Å². The summed E-state index contributed by atoms with van der Waals surface area (Å²) < 4.78 is 5.36. The zero-order valence-electron chi connectivity index (χ0n) is 11.0. The van der Waals surface area contributed by atoms with Crippen molar-refractivity contribution in [2.24, 2.45) is 0 Å². The molecule has 1 aliphatic heterocycles. The number of hydrogen-bond acceptors (Lipinski definition) is 4. The highest BCUT2D eigenvalue weighted by atomic mass is 35.5. The second-order valence-corrected chi connectivity index (χ2v) is 5.44. The SMILES string of the molecule is CC1(NC(=O)c2cccc([N+](=O)[O-])c2Cl)CCCOC1. The van der Waals surface area contributed by atoms with Gasteiger partial charge in [0.1, 0.15) is 5.02 Å². The van der Waals surface area contributed by atoms with E-state index in [2.05, 4.69) is 5.32 Å². The van der Waals surface area contributed by atoms with E-state index >= 15 is 0 Å². The molecule has 1 aromatic carbocycles. The summed E-state index contributed by atoms with van der Waals surface area (Å²) in [6.07, 6.45) is 1.66. The van der Waals surface area contributed by atoms with Crippen molar-refractivity contribution in [3.8, 4) is 0 Å². The quantitative estimate of drug-likeness (QED) is 0.687. The molecule has 1 aromatic rings. The van der Waals surface area contributed by atoms with E-state index in [0.717, 1.165) is 12.8 Å². The largest absolute Gasteiger partial charge is 0.379 e. The molecule has 0 bridgehead atoms. The van der Waals surface area contributed by atoms with Gasteiger partial charge in [-0.05, 0) is 25.8 Å². The molecule has 0 aromatic heterocycles. The van der Waals surface area contributed by atoms with Gasteiger partial charge in [0, 0.05) is 12.7 Å².